The lowest BCUT2D eigenvalue weighted by atomic mass is 10.1. The van der Waals surface area contributed by atoms with Gasteiger partial charge in [0.25, 0.3) is 5.91 Å². The Balaban J connectivity index is 2.07. The van der Waals surface area contributed by atoms with Gasteiger partial charge >= 0.3 is 5.97 Å². The third-order valence-corrected chi connectivity index (χ3v) is 4.56. The van der Waals surface area contributed by atoms with Gasteiger partial charge in [-0.15, -0.1) is 0 Å². The molecule has 1 aromatic rings. The van der Waals surface area contributed by atoms with Gasteiger partial charge in [0.05, 0.1) is 11.5 Å². The van der Waals surface area contributed by atoms with Crippen molar-refractivity contribution in [2.45, 2.75) is 20.3 Å². The van der Waals surface area contributed by atoms with Crippen molar-refractivity contribution in [3.8, 4) is 0 Å². The van der Waals surface area contributed by atoms with Gasteiger partial charge in [-0.2, -0.15) is 0 Å². The molecular weight excluding hydrogens is 342 g/mol. The normalized spacial score (nSPS) is 16.8. The number of amides is 1. The fourth-order valence-corrected chi connectivity index (χ4v) is 3.39. The van der Waals surface area contributed by atoms with E-state index >= 15 is 0 Å². The molecule has 0 saturated carbocycles. The quantitative estimate of drug-likeness (QED) is 0.438. The number of rotatable bonds is 6. The molecule has 1 aliphatic heterocycles. The first-order valence-electron chi connectivity index (χ1n) is 7.65. The number of benzene rings is 1. The maximum atomic E-state index is 12.4. The van der Waals surface area contributed by atoms with Crippen molar-refractivity contribution >= 4 is 46.3 Å². The lowest BCUT2D eigenvalue weighted by molar-refractivity contribution is -0.146. The van der Waals surface area contributed by atoms with Gasteiger partial charge in [0.15, 0.2) is 0 Å². The summed E-state index contributed by atoms with van der Waals surface area (Å²) in [6.07, 6.45) is 4.53. The Bertz CT molecular complexity index is 695. The molecule has 4 nitrogen and oxygen atoms in total. The summed E-state index contributed by atoms with van der Waals surface area (Å²) in [6.45, 7) is 4.05. The average molecular weight is 361 g/mol. The third-order valence-electron chi connectivity index (χ3n) is 3.18. The number of hydrogen-bond acceptors (Lipinski definition) is 5. The molecule has 1 amide bonds. The lowest BCUT2D eigenvalue weighted by Gasteiger charge is -2.13. The van der Waals surface area contributed by atoms with E-state index in [2.05, 4.69) is 0 Å². The fraction of sp³-hybridized carbons (Fsp3) is 0.278. The van der Waals surface area contributed by atoms with Crippen LogP contribution in [0.4, 0.5) is 0 Å². The predicted molar refractivity (Wildman–Crippen MR) is 101 cm³/mol. The van der Waals surface area contributed by atoms with Gasteiger partial charge in [-0.25, -0.2) is 0 Å². The second-order valence-electron chi connectivity index (χ2n) is 5.29. The van der Waals surface area contributed by atoms with Crippen molar-refractivity contribution in [1.29, 1.82) is 0 Å². The van der Waals surface area contributed by atoms with E-state index in [1.54, 1.807) is 6.08 Å². The number of hydrogen-bond donors (Lipinski definition) is 0. The molecule has 1 aliphatic rings. The lowest BCUT2D eigenvalue weighted by Crippen LogP contribution is -2.34. The van der Waals surface area contributed by atoms with Gasteiger partial charge in [0, 0.05) is 0 Å². The molecule has 1 saturated heterocycles. The highest BCUT2D eigenvalue weighted by Gasteiger charge is 2.33. The van der Waals surface area contributed by atoms with E-state index in [9.17, 15) is 9.59 Å². The first-order valence-corrected chi connectivity index (χ1v) is 8.88. The largest absolute Gasteiger partial charge is 0.464 e. The minimum atomic E-state index is -0.439. The average Bonchev–Trinajstić information content (AvgIpc) is 2.81. The second kappa shape index (κ2) is 8.80. The molecule has 24 heavy (non-hydrogen) atoms. The number of nitrogens with zero attached hydrogens (tertiary/aromatic N) is 1. The molecule has 0 unspecified atom stereocenters. The number of carbonyl (C=O) groups is 2. The SMILES string of the molecule is CCCOC(=O)CN1C(=O)C(=CC(C)=Cc2ccccc2)SC1=S. The van der Waals surface area contributed by atoms with Crippen molar-refractivity contribution in [3.05, 3.63) is 52.4 Å². The summed E-state index contributed by atoms with van der Waals surface area (Å²) in [4.78, 5) is 25.9. The number of carbonyl (C=O) groups excluding carboxylic acids is 2. The van der Waals surface area contributed by atoms with Crippen LogP contribution >= 0.6 is 24.0 Å². The van der Waals surface area contributed by atoms with E-state index in [1.807, 2.05) is 50.3 Å². The Kier molecular flexibility index (Phi) is 6.75. The Morgan fingerprint density at radius 1 is 1.33 bits per heavy atom. The van der Waals surface area contributed by atoms with E-state index < -0.39 is 5.97 Å². The summed E-state index contributed by atoms with van der Waals surface area (Å²) in [5.74, 6) is -0.690. The third kappa shape index (κ3) is 5.04. The van der Waals surface area contributed by atoms with E-state index in [0.717, 1.165) is 17.6 Å². The molecule has 1 heterocycles. The Hall–Kier alpha value is -1.92. The first-order chi connectivity index (χ1) is 11.5. The number of ether oxygens (including phenoxy) is 1. The predicted octanol–water partition coefficient (Wildman–Crippen LogP) is 3.79. The maximum absolute atomic E-state index is 12.4. The molecule has 2 rings (SSSR count). The molecule has 0 atom stereocenters. The Morgan fingerprint density at radius 2 is 2.04 bits per heavy atom. The summed E-state index contributed by atoms with van der Waals surface area (Å²) in [5.41, 5.74) is 2.00. The molecule has 0 spiro atoms. The van der Waals surface area contributed by atoms with Crippen molar-refractivity contribution in [2.24, 2.45) is 0 Å². The highest BCUT2D eigenvalue weighted by molar-refractivity contribution is 8.26. The van der Waals surface area contributed by atoms with E-state index in [1.165, 1.54) is 16.7 Å². The molecular formula is C18H19NO3S2. The van der Waals surface area contributed by atoms with Crippen molar-refractivity contribution in [3.63, 3.8) is 0 Å². The molecule has 0 N–H and O–H groups in total. The van der Waals surface area contributed by atoms with Crippen LogP contribution in [0.3, 0.4) is 0 Å². The van der Waals surface area contributed by atoms with Crippen LogP contribution in [0.5, 0.6) is 0 Å². The van der Waals surface area contributed by atoms with Gasteiger partial charge in [-0.1, -0.05) is 67.3 Å². The van der Waals surface area contributed by atoms with Crippen LogP contribution in [0.1, 0.15) is 25.8 Å². The molecule has 0 radical (unpaired) electrons. The van der Waals surface area contributed by atoms with E-state index in [-0.39, 0.29) is 12.5 Å². The van der Waals surface area contributed by atoms with E-state index in [0.29, 0.717) is 15.8 Å². The van der Waals surface area contributed by atoms with Crippen LogP contribution in [0, 0.1) is 0 Å². The van der Waals surface area contributed by atoms with Gasteiger partial charge in [0.2, 0.25) is 0 Å². The molecule has 6 heteroatoms. The highest BCUT2D eigenvalue weighted by atomic mass is 32.2. The minimum Gasteiger partial charge on any atom is -0.464 e. The zero-order valence-electron chi connectivity index (χ0n) is 13.7. The van der Waals surface area contributed by atoms with Gasteiger partial charge in [0.1, 0.15) is 10.9 Å². The van der Waals surface area contributed by atoms with E-state index in [4.69, 9.17) is 17.0 Å². The summed E-state index contributed by atoms with van der Waals surface area (Å²) in [5, 5.41) is 0. The Labute approximate surface area is 151 Å². The minimum absolute atomic E-state index is 0.135. The molecule has 0 aromatic heterocycles. The van der Waals surface area contributed by atoms with Crippen LogP contribution in [-0.4, -0.2) is 34.2 Å². The Morgan fingerprint density at radius 3 is 2.71 bits per heavy atom. The van der Waals surface area contributed by atoms with Gasteiger partial charge < -0.3 is 4.74 Å². The second-order valence-corrected chi connectivity index (χ2v) is 6.96. The summed E-state index contributed by atoms with van der Waals surface area (Å²) < 4.78 is 5.39. The van der Waals surface area contributed by atoms with Crippen LogP contribution in [0.15, 0.2) is 46.9 Å². The molecule has 1 fully saturated rings. The first kappa shape index (κ1) is 18.4. The van der Waals surface area contributed by atoms with Gasteiger partial charge in [-0.3, -0.25) is 14.5 Å². The fourth-order valence-electron chi connectivity index (χ4n) is 2.09. The van der Waals surface area contributed by atoms with Crippen molar-refractivity contribution in [1.82, 2.24) is 4.90 Å². The molecule has 1 aromatic carbocycles. The highest BCUT2D eigenvalue weighted by Crippen LogP contribution is 2.31. The van der Waals surface area contributed by atoms with Crippen LogP contribution in [0.25, 0.3) is 6.08 Å². The summed E-state index contributed by atoms with van der Waals surface area (Å²) >= 11 is 6.41. The summed E-state index contributed by atoms with van der Waals surface area (Å²) in [7, 11) is 0. The number of esters is 1. The molecule has 126 valence electrons. The standard InChI is InChI=1S/C18H19NO3S2/c1-3-9-22-16(20)12-19-17(21)15(24-18(19)23)11-13(2)10-14-7-5-4-6-8-14/h4-8,10-11H,3,9,12H2,1-2H3. The van der Waals surface area contributed by atoms with Crippen LogP contribution < -0.4 is 0 Å². The topological polar surface area (TPSA) is 46.6 Å². The number of thioether (sulfide) groups is 1. The maximum Gasteiger partial charge on any atom is 0.326 e. The zero-order chi connectivity index (χ0) is 17.5. The van der Waals surface area contributed by atoms with Crippen molar-refractivity contribution in [2.75, 3.05) is 13.2 Å². The molecule has 0 aliphatic carbocycles. The van der Waals surface area contributed by atoms with Gasteiger partial charge in [-0.05, 0) is 30.6 Å². The van der Waals surface area contributed by atoms with Crippen LogP contribution in [-0.2, 0) is 14.3 Å². The number of thiocarbonyl (C=S) groups is 1. The molecule has 0 bridgehead atoms. The smallest absolute Gasteiger partial charge is 0.326 e. The number of allylic oxidation sites excluding steroid dienone is 2. The zero-order valence-corrected chi connectivity index (χ0v) is 15.3. The monoisotopic (exact) mass is 361 g/mol. The van der Waals surface area contributed by atoms with Crippen molar-refractivity contribution < 1.29 is 14.3 Å². The summed E-state index contributed by atoms with van der Waals surface area (Å²) in [6, 6.07) is 9.86. The van der Waals surface area contributed by atoms with Crippen LogP contribution in [0.2, 0.25) is 0 Å².